The molecule has 176 valence electrons. The smallest absolute Gasteiger partial charge is 0.271 e. The third-order valence-corrected chi connectivity index (χ3v) is 5.07. The Balaban J connectivity index is 1.66. The summed E-state index contributed by atoms with van der Waals surface area (Å²) in [5.74, 6) is -0.0291. The van der Waals surface area contributed by atoms with Crippen LogP contribution >= 0.6 is 11.6 Å². The highest BCUT2D eigenvalue weighted by Crippen LogP contribution is 2.36. The number of halogens is 1. The van der Waals surface area contributed by atoms with E-state index in [1.165, 1.54) is 6.21 Å². The summed E-state index contributed by atoms with van der Waals surface area (Å²) < 4.78 is 11.3. The van der Waals surface area contributed by atoms with Gasteiger partial charge < -0.3 is 14.8 Å². The topological polar surface area (TPSA) is 89.0 Å². The zero-order valence-electron chi connectivity index (χ0n) is 19.2. The van der Waals surface area contributed by atoms with Crippen molar-refractivity contribution < 1.29 is 19.1 Å². The molecular weight excluding hydrogens is 454 g/mol. The Bertz CT molecular complexity index is 1190. The van der Waals surface area contributed by atoms with Crippen molar-refractivity contribution in [2.75, 3.05) is 18.5 Å². The molecule has 0 radical (unpaired) electrons. The van der Waals surface area contributed by atoms with Crippen LogP contribution in [0.3, 0.4) is 0 Å². The molecule has 34 heavy (non-hydrogen) atoms. The normalized spacial score (nSPS) is 10.7. The first-order valence-electron chi connectivity index (χ1n) is 10.7. The molecule has 0 aromatic heterocycles. The summed E-state index contributed by atoms with van der Waals surface area (Å²) in [6.07, 6.45) is 1.45. The monoisotopic (exact) mass is 479 g/mol. The van der Waals surface area contributed by atoms with Gasteiger partial charge in [-0.2, -0.15) is 5.10 Å². The van der Waals surface area contributed by atoms with Crippen molar-refractivity contribution in [3.05, 3.63) is 87.9 Å². The maximum Gasteiger partial charge on any atom is 0.271 e. The SMILES string of the molecule is CCOc1cc(/C=N/NC(=O)c2ccc(C)cc2)cc(Cl)c1OCC(=O)Nc1ccccc1C. The van der Waals surface area contributed by atoms with Crippen LogP contribution in [0.2, 0.25) is 5.02 Å². The summed E-state index contributed by atoms with van der Waals surface area (Å²) in [6, 6.07) is 17.9. The molecule has 0 saturated heterocycles. The van der Waals surface area contributed by atoms with Crippen LogP contribution in [0.5, 0.6) is 11.5 Å². The van der Waals surface area contributed by atoms with Gasteiger partial charge in [0.05, 0.1) is 17.8 Å². The van der Waals surface area contributed by atoms with Gasteiger partial charge in [-0.1, -0.05) is 47.5 Å². The molecule has 7 nitrogen and oxygen atoms in total. The number of hydrogen-bond donors (Lipinski definition) is 2. The Morgan fingerprint density at radius 1 is 1.03 bits per heavy atom. The number of hydrazone groups is 1. The Morgan fingerprint density at radius 3 is 2.47 bits per heavy atom. The van der Waals surface area contributed by atoms with Gasteiger partial charge in [0.2, 0.25) is 0 Å². The van der Waals surface area contributed by atoms with Crippen molar-refractivity contribution >= 4 is 35.3 Å². The van der Waals surface area contributed by atoms with Gasteiger partial charge in [-0.15, -0.1) is 0 Å². The van der Waals surface area contributed by atoms with Gasteiger partial charge in [-0.25, -0.2) is 5.43 Å². The molecule has 3 aromatic rings. The van der Waals surface area contributed by atoms with Crippen molar-refractivity contribution in [2.24, 2.45) is 5.10 Å². The molecule has 3 aromatic carbocycles. The van der Waals surface area contributed by atoms with Crippen LogP contribution in [-0.4, -0.2) is 31.2 Å². The minimum atomic E-state index is -0.327. The van der Waals surface area contributed by atoms with Gasteiger partial charge in [0.15, 0.2) is 18.1 Å². The molecule has 0 spiro atoms. The maximum absolute atomic E-state index is 12.3. The van der Waals surface area contributed by atoms with Crippen LogP contribution in [0.15, 0.2) is 65.8 Å². The number of carbonyl (C=O) groups is 2. The fourth-order valence-corrected chi connectivity index (χ4v) is 3.31. The number of nitrogens with zero attached hydrogens (tertiary/aromatic N) is 1. The molecule has 0 aliphatic heterocycles. The number of ether oxygens (including phenoxy) is 2. The second kappa shape index (κ2) is 11.9. The van der Waals surface area contributed by atoms with Crippen LogP contribution in [0, 0.1) is 13.8 Å². The molecule has 0 unspecified atom stereocenters. The lowest BCUT2D eigenvalue weighted by atomic mass is 10.1. The highest BCUT2D eigenvalue weighted by atomic mass is 35.5. The van der Waals surface area contributed by atoms with Gasteiger partial charge in [-0.3, -0.25) is 9.59 Å². The molecule has 0 fully saturated rings. The van der Waals surface area contributed by atoms with E-state index in [1.807, 2.05) is 57.2 Å². The zero-order valence-corrected chi connectivity index (χ0v) is 20.0. The van der Waals surface area contributed by atoms with E-state index in [0.29, 0.717) is 29.2 Å². The molecule has 0 saturated carbocycles. The average Bonchev–Trinajstić information content (AvgIpc) is 2.80. The first-order valence-corrected chi connectivity index (χ1v) is 11.1. The number of rotatable bonds is 9. The minimum Gasteiger partial charge on any atom is -0.490 e. The van der Waals surface area contributed by atoms with Crippen molar-refractivity contribution in [3.63, 3.8) is 0 Å². The van der Waals surface area contributed by atoms with Crippen LogP contribution in [0.4, 0.5) is 5.69 Å². The quantitative estimate of drug-likeness (QED) is 0.328. The first kappa shape index (κ1) is 24.8. The third-order valence-electron chi connectivity index (χ3n) is 4.79. The zero-order chi connectivity index (χ0) is 24.5. The standard InChI is InChI=1S/C26H26ClN3O4/c1-4-33-23-14-19(15-28-30-26(32)20-11-9-17(2)10-12-20)13-21(27)25(23)34-16-24(31)29-22-8-6-5-7-18(22)3/h5-15H,4,16H2,1-3H3,(H,29,31)(H,30,32)/b28-15+. The summed E-state index contributed by atoms with van der Waals surface area (Å²) >= 11 is 6.41. The molecule has 0 aliphatic carbocycles. The van der Waals surface area contributed by atoms with Gasteiger partial charge in [0.25, 0.3) is 11.8 Å². The Morgan fingerprint density at radius 2 is 1.76 bits per heavy atom. The second-order valence-corrected chi connectivity index (χ2v) is 7.89. The molecule has 2 N–H and O–H groups in total. The number of aryl methyl sites for hydroxylation is 2. The Kier molecular flexibility index (Phi) is 8.65. The van der Waals surface area contributed by atoms with E-state index in [2.05, 4.69) is 15.8 Å². The van der Waals surface area contributed by atoms with Gasteiger partial charge >= 0.3 is 0 Å². The summed E-state index contributed by atoms with van der Waals surface area (Å²) in [6.45, 7) is 5.81. The van der Waals surface area contributed by atoms with E-state index in [-0.39, 0.29) is 29.2 Å². The number of benzene rings is 3. The molecule has 2 amide bonds. The average molecular weight is 480 g/mol. The van der Waals surface area contributed by atoms with E-state index in [1.54, 1.807) is 24.3 Å². The van der Waals surface area contributed by atoms with Crippen molar-refractivity contribution in [2.45, 2.75) is 20.8 Å². The fraction of sp³-hybridized carbons (Fsp3) is 0.192. The van der Waals surface area contributed by atoms with Crippen LogP contribution in [0.1, 0.15) is 34.0 Å². The second-order valence-electron chi connectivity index (χ2n) is 7.48. The van der Waals surface area contributed by atoms with Crippen LogP contribution < -0.4 is 20.2 Å². The lowest BCUT2D eigenvalue weighted by molar-refractivity contribution is -0.118. The van der Waals surface area contributed by atoms with Crippen LogP contribution in [-0.2, 0) is 4.79 Å². The van der Waals surface area contributed by atoms with Gasteiger partial charge in [-0.05, 0) is 62.2 Å². The molecule has 0 aliphatic rings. The van der Waals surface area contributed by atoms with Gasteiger partial charge in [0.1, 0.15) is 0 Å². The summed E-state index contributed by atoms with van der Waals surface area (Å²) in [7, 11) is 0. The highest BCUT2D eigenvalue weighted by Gasteiger charge is 2.15. The summed E-state index contributed by atoms with van der Waals surface area (Å²) in [5, 5.41) is 7.06. The lowest BCUT2D eigenvalue weighted by Gasteiger charge is -2.15. The summed E-state index contributed by atoms with van der Waals surface area (Å²) in [5.41, 5.74) is 6.30. The lowest BCUT2D eigenvalue weighted by Crippen LogP contribution is -2.21. The van der Waals surface area contributed by atoms with Gasteiger partial charge in [0, 0.05) is 11.3 Å². The van der Waals surface area contributed by atoms with E-state index in [9.17, 15) is 9.59 Å². The van der Waals surface area contributed by atoms with Crippen molar-refractivity contribution in [1.29, 1.82) is 0 Å². The number of para-hydroxylation sites is 1. The number of hydrogen-bond acceptors (Lipinski definition) is 5. The van der Waals surface area contributed by atoms with E-state index >= 15 is 0 Å². The molecule has 0 bridgehead atoms. The predicted molar refractivity (Wildman–Crippen MR) is 134 cm³/mol. The Hall–Kier alpha value is -3.84. The van der Waals surface area contributed by atoms with E-state index in [0.717, 1.165) is 11.1 Å². The number of nitrogens with one attached hydrogen (secondary N) is 2. The first-order chi connectivity index (χ1) is 16.4. The number of amides is 2. The molecule has 3 rings (SSSR count). The Labute approximate surface area is 203 Å². The largest absolute Gasteiger partial charge is 0.490 e. The van der Waals surface area contributed by atoms with Crippen molar-refractivity contribution in [1.82, 2.24) is 5.43 Å². The number of carbonyl (C=O) groups excluding carboxylic acids is 2. The maximum atomic E-state index is 12.3. The third kappa shape index (κ3) is 6.83. The fourth-order valence-electron chi connectivity index (χ4n) is 3.04. The highest BCUT2D eigenvalue weighted by molar-refractivity contribution is 6.32. The number of anilines is 1. The van der Waals surface area contributed by atoms with Crippen LogP contribution in [0.25, 0.3) is 0 Å². The molecule has 8 heteroatoms. The predicted octanol–water partition coefficient (Wildman–Crippen LogP) is 5.14. The molecular formula is C26H26ClN3O4. The van der Waals surface area contributed by atoms with Crippen molar-refractivity contribution in [3.8, 4) is 11.5 Å². The van der Waals surface area contributed by atoms with E-state index in [4.69, 9.17) is 21.1 Å². The molecule has 0 heterocycles. The summed E-state index contributed by atoms with van der Waals surface area (Å²) in [4.78, 5) is 24.5. The minimum absolute atomic E-state index is 0.242. The molecule has 0 atom stereocenters. The van der Waals surface area contributed by atoms with E-state index < -0.39 is 0 Å².